The van der Waals surface area contributed by atoms with Crippen molar-refractivity contribution in [3.63, 3.8) is 0 Å². The molecule has 5 nitrogen and oxygen atoms in total. The van der Waals surface area contributed by atoms with E-state index in [2.05, 4.69) is 10.6 Å². The second kappa shape index (κ2) is 6.81. The predicted molar refractivity (Wildman–Crippen MR) is 79.6 cm³/mol. The Balaban J connectivity index is 2.75. The first-order valence-electron chi connectivity index (χ1n) is 6.06. The third-order valence-corrected chi connectivity index (χ3v) is 3.53. The minimum atomic E-state index is -1.31. The summed E-state index contributed by atoms with van der Waals surface area (Å²) in [5, 5.41) is 14.8. The molecule has 7 heteroatoms. The highest BCUT2D eigenvalue weighted by molar-refractivity contribution is 6.42. The molecule has 20 heavy (non-hydrogen) atoms. The zero-order valence-corrected chi connectivity index (χ0v) is 12.7. The smallest absolute Gasteiger partial charge is 0.329 e. The summed E-state index contributed by atoms with van der Waals surface area (Å²) in [6.07, 6.45) is 0.965. The molecular weight excluding hydrogens is 303 g/mol. The van der Waals surface area contributed by atoms with Gasteiger partial charge in [-0.25, -0.2) is 9.59 Å². The zero-order valence-electron chi connectivity index (χ0n) is 11.2. The molecule has 1 unspecified atom stereocenters. The van der Waals surface area contributed by atoms with Crippen LogP contribution >= 0.6 is 23.2 Å². The van der Waals surface area contributed by atoms with Gasteiger partial charge in [0.15, 0.2) is 0 Å². The molecule has 1 atom stereocenters. The van der Waals surface area contributed by atoms with Crippen molar-refractivity contribution >= 4 is 40.9 Å². The van der Waals surface area contributed by atoms with Crippen molar-refractivity contribution in [2.24, 2.45) is 0 Å². The summed E-state index contributed by atoms with van der Waals surface area (Å²) < 4.78 is 0. The van der Waals surface area contributed by atoms with Crippen molar-refractivity contribution in [1.29, 1.82) is 0 Å². The fourth-order valence-electron chi connectivity index (χ4n) is 1.71. The van der Waals surface area contributed by atoms with Gasteiger partial charge in [0.05, 0.1) is 10.0 Å². The highest BCUT2D eigenvalue weighted by Gasteiger charge is 2.33. The van der Waals surface area contributed by atoms with Gasteiger partial charge in [0.2, 0.25) is 0 Å². The van der Waals surface area contributed by atoms with Crippen LogP contribution in [-0.2, 0) is 4.79 Å². The molecule has 0 saturated heterocycles. The fourth-order valence-corrected chi connectivity index (χ4v) is 2.01. The molecule has 0 heterocycles. The average molecular weight is 319 g/mol. The lowest BCUT2D eigenvalue weighted by molar-refractivity contribution is -0.143. The van der Waals surface area contributed by atoms with E-state index in [9.17, 15) is 14.7 Å². The SMILES string of the molecule is CCCC(C)(NC(=O)Nc1ccc(Cl)c(Cl)c1)C(=O)O. The van der Waals surface area contributed by atoms with Crippen molar-refractivity contribution in [2.75, 3.05) is 5.32 Å². The summed E-state index contributed by atoms with van der Waals surface area (Å²) in [6.45, 7) is 3.31. The number of benzene rings is 1. The van der Waals surface area contributed by atoms with Crippen molar-refractivity contribution < 1.29 is 14.7 Å². The summed E-state index contributed by atoms with van der Waals surface area (Å²) in [5.74, 6) is -1.08. The van der Waals surface area contributed by atoms with Crippen LogP contribution in [0.1, 0.15) is 26.7 Å². The van der Waals surface area contributed by atoms with Gasteiger partial charge in [0.1, 0.15) is 5.54 Å². The second-order valence-electron chi connectivity index (χ2n) is 4.60. The van der Waals surface area contributed by atoms with E-state index in [0.29, 0.717) is 28.6 Å². The van der Waals surface area contributed by atoms with Crippen LogP contribution in [0.15, 0.2) is 18.2 Å². The molecule has 2 amide bonds. The molecule has 0 aliphatic heterocycles. The Morgan fingerprint density at radius 2 is 1.95 bits per heavy atom. The lowest BCUT2D eigenvalue weighted by Gasteiger charge is -2.25. The quantitative estimate of drug-likeness (QED) is 0.773. The Morgan fingerprint density at radius 3 is 2.45 bits per heavy atom. The van der Waals surface area contributed by atoms with Gasteiger partial charge in [-0.05, 0) is 31.5 Å². The Bertz CT molecular complexity index is 522. The number of nitrogens with one attached hydrogen (secondary N) is 2. The Kier molecular flexibility index (Phi) is 5.65. The maximum Gasteiger partial charge on any atom is 0.329 e. The molecule has 0 spiro atoms. The highest BCUT2D eigenvalue weighted by atomic mass is 35.5. The topological polar surface area (TPSA) is 78.4 Å². The van der Waals surface area contributed by atoms with Crippen LogP contribution in [0.2, 0.25) is 10.0 Å². The van der Waals surface area contributed by atoms with Crippen LogP contribution in [0, 0.1) is 0 Å². The van der Waals surface area contributed by atoms with Gasteiger partial charge in [-0.15, -0.1) is 0 Å². The van der Waals surface area contributed by atoms with Gasteiger partial charge < -0.3 is 15.7 Å². The Morgan fingerprint density at radius 1 is 1.30 bits per heavy atom. The molecule has 3 N–H and O–H groups in total. The molecule has 0 fully saturated rings. The number of aliphatic carboxylic acids is 1. The van der Waals surface area contributed by atoms with Crippen molar-refractivity contribution in [3.8, 4) is 0 Å². The van der Waals surface area contributed by atoms with Gasteiger partial charge in [0, 0.05) is 5.69 Å². The van der Waals surface area contributed by atoms with Crippen molar-refractivity contribution in [3.05, 3.63) is 28.2 Å². The summed E-state index contributed by atoms with van der Waals surface area (Å²) in [5.41, 5.74) is -0.879. The number of rotatable bonds is 5. The molecular formula is C13H16Cl2N2O3. The highest BCUT2D eigenvalue weighted by Crippen LogP contribution is 2.25. The van der Waals surface area contributed by atoms with E-state index in [1.807, 2.05) is 6.92 Å². The number of hydrogen-bond donors (Lipinski definition) is 3. The number of amides is 2. The minimum Gasteiger partial charge on any atom is -0.480 e. The van der Waals surface area contributed by atoms with Crippen LogP contribution < -0.4 is 10.6 Å². The van der Waals surface area contributed by atoms with Gasteiger partial charge >= 0.3 is 12.0 Å². The Labute approximate surface area is 127 Å². The van der Waals surface area contributed by atoms with Gasteiger partial charge in [-0.1, -0.05) is 36.5 Å². The molecule has 0 aliphatic carbocycles. The molecule has 0 bridgehead atoms. The summed E-state index contributed by atoms with van der Waals surface area (Å²) >= 11 is 11.6. The fraction of sp³-hybridized carbons (Fsp3) is 0.385. The van der Waals surface area contributed by atoms with E-state index in [4.69, 9.17) is 23.2 Å². The molecule has 1 aromatic rings. The van der Waals surface area contributed by atoms with E-state index >= 15 is 0 Å². The van der Waals surface area contributed by atoms with Crippen LogP contribution in [0.5, 0.6) is 0 Å². The number of carboxylic acids is 1. The maximum atomic E-state index is 11.8. The van der Waals surface area contributed by atoms with Crippen LogP contribution in [0.3, 0.4) is 0 Å². The summed E-state index contributed by atoms with van der Waals surface area (Å²) in [6, 6.07) is 4.00. The molecule has 0 saturated carbocycles. The second-order valence-corrected chi connectivity index (χ2v) is 5.41. The van der Waals surface area contributed by atoms with Gasteiger partial charge in [0.25, 0.3) is 0 Å². The van der Waals surface area contributed by atoms with Crippen LogP contribution in [0.25, 0.3) is 0 Å². The maximum absolute atomic E-state index is 11.8. The summed E-state index contributed by atoms with van der Waals surface area (Å²) in [7, 11) is 0. The van der Waals surface area contributed by atoms with Gasteiger partial charge in [-0.2, -0.15) is 0 Å². The van der Waals surface area contributed by atoms with Crippen molar-refractivity contribution in [1.82, 2.24) is 5.32 Å². The Hall–Kier alpha value is -1.46. The number of urea groups is 1. The normalized spacial score (nSPS) is 13.4. The molecule has 1 rings (SSSR count). The number of hydrogen-bond acceptors (Lipinski definition) is 2. The summed E-state index contributed by atoms with van der Waals surface area (Å²) in [4.78, 5) is 23.1. The first kappa shape index (κ1) is 16.6. The third-order valence-electron chi connectivity index (χ3n) is 2.79. The molecule has 110 valence electrons. The number of carboxylic acid groups (broad SMARTS) is 1. The first-order chi connectivity index (χ1) is 9.28. The predicted octanol–water partition coefficient (Wildman–Crippen LogP) is 3.76. The number of anilines is 1. The average Bonchev–Trinajstić information content (AvgIpc) is 2.33. The lowest BCUT2D eigenvalue weighted by atomic mass is 9.97. The van der Waals surface area contributed by atoms with Crippen LogP contribution in [-0.4, -0.2) is 22.6 Å². The molecule has 0 aromatic heterocycles. The van der Waals surface area contributed by atoms with E-state index in [1.54, 1.807) is 12.1 Å². The first-order valence-corrected chi connectivity index (χ1v) is 6.81. The molecule has 0 aliphatic rings. The van der Waals surface area contributed by atoms with E-state index < -0.39 is 17.5 Å². The monoisotopic (exact) mass is 318 g/mol. The minimum absolute atomic E-state index is 0.305. The van der Waals surface area contributed by atoms with Crippen molar-refractivity contribution in [2.45, 2.75) is 32.2 Å². The van der Waals surface area contributed by atoms with Gasteiger partial charge in [-0.3, -0.25) is 0 Å². The van der Waals surface area contributed by atoms with E-state index in [0.717, 1.165) is 0 Å². The van der Waals surface area contributed by atoms with E-state index in [-0.39, 0.29) is 0 Å². The number of carbonyl (C=O) groups is 2. The largest absolute Gasteiger partial charge is 0.480 e. The third kappa shape index (κ3) is 4.28. The lowest BCUT2D eigenvalue weighted by Crippen LogP contribution is -2.53. The van der Waals surface area contributed by atoms with E-state index in [1.165, 1.54) is 13.0 Å². The zero-order chi connectivity index (χ0) is 15.3. The van der Waals surface area contributed by atoms with Crippen LogP contribution in [0.4, 0.5) is 10.5 Å². The number of carbonyl (C=O) groups excluding carboxylic acids is 1. The standard InChI is InChI=1S/C13H16Cl2N2O3/c1-3-6-13(2,11(18)19)17-12(20)16-8-4-5-9(14)10(15)7-8/h4-5,7H,3,6H2,1-2H3,(H,18,19)(H2,16,17,20). The number of halogens is 2. The molecule has 1 aromatic carbocycles. The molecule has 0 radical (unpaired) electrons.